The van der Waals surface area contributed by atoms with Crippen molar-refractivity contribution in [3.8, 4) is 0 Å². The van der Waals surface area contributed by atoms with Gasteiger partial charge in [-0.1, -0.05) is 17.7 Å². The fourth-order valence-electron chi connectivity index (χ4n) is 1.54. The van der Waals surface area contributed by atoms with E-state index in [1.54, 1.807) is 0 Å². The van der Waals surface area contributed by atoms with Crippen molar-refractivity contribution in [1.29, 1.82) is 0 Å². The molecule has 0 atom stereocenters. The summed E-state index contributed by atoms with van der Waals surface area (Å²) in [5, 5.41) is 6.52. The van der Waals surface area contributed by atoms with Crippen LogP contribution in [-0.4, -0.2) is 17.5 Å². The number of carbonyl (C=O) groups is 2. The third kappa shape index (κ3) is 3.14. The Morgan fingerprint density at radius 2 is 2.12 bits per heavy atom. The number of hydrazone groups is 1. The minimum Gasteiger partial charge on any atom is -0.326 e. The Morgan fingerprint density at radius 3 is 2.71 bits per heavy atom. The number of nitrogens with one attached hydrogen (secondary N) is 2. The second-order valence-electron chi connectivity index (χ2n) is 3.98. The van der Waals surface area contributed by atoms with Gasteiger partial charge in [0.15, 0.2) is 0 Å². The van der Waals surface area contributed by atoms with Crippen LogP contribution in [0.25, 0.3) is 0 Å². The van der Waals surface area contributed by atoms with Crippen molar-refractivity contribution >= 4 is 23.2 Å². The van der Waals surface area contributed by atoms with Gasteiger partial charge in [0.1, 0.15) is 0 Å². The van der Waals surface area contributed by atoms with Crippen LogP contribution >= 0.6 is 0 Å². The molecule has 0 fully saturated rings. The van der Waals surface area contributed by atoms with Gasteiger partial charge in [-0.3, -0.25) is 9.59 Å². The third-order valence-electron chi connectivity index (χ3n) is 2.40. The SMILES string of the molecule is Cc1ccc(NC(=O)CC2=NNC(=O)C2)cc1. The highest BCUT2D eigenvalue weighted by molar-refractivity contribution is 6.14. The molecule has 2 N–H and O–H groups in total. The molecule has 0 spiro atoms. The van der Waals surface area contributed by atoms with Gasteiger partial charge < -0.3 is 5.32 Å². The van der Waals surface area contributed by atoms with Crippen LogP contribution in [0.2, 0.25) is 0 Å². The van der Waals surface area contributed by atoms with E-state index in [4.69, 9.17) is 0 Å². The maximum absolute atomic E-state index is 11.6. The van der Waals surface area contributed by atoms with Crippen molar-refractivity contribution in [1.82, 2.24) is 5.43 Å². The molecule has 1 heterocycles. The smallest absolute Gasteiger partial charge is 0.245 e. The predicted octanol–water partition coefficient (Wildman–Crippen LogP) is 1.20. The molecule has 5 heteroatoms. The Balaban J connectivity index is 1.89. The maximum Gasteiger partial charge on any atom is 0.245 e. The van der Waals surface area contributed by atoms with Crippen LogP contribution in [0, 0.1) is 6.92 Å². The fourth-order valence-corrected chi connectivity index (χ4v) is 1.54. The molecule has 0 aliphatic carbocycles. The van der Waals surface area contributed by atoms with Gasteiger partial charge in [-0.05, 0) is 19.1 Å². The van der Waals surface area contributed by atoms with Crippen molar-refractivity contribution < 1.29 is 9.59 Å². The zero-order valence-electron chi connectivity index (χ0n) is 9.49. The van der Waals surface area contributed by atoms with Crippen LogP contribution in [-0.2, 0) is 9.59 Å². The summed E-state index contributed by atoms with van der Waals surface area (Å²) in [6.45, 7) is 1.98. The molecular weight excluding hydrogens is 218 g/mol. The summed E-state index contributed by atoms with van der Waals surface area (Å²) in [5.41, 5.74) is 4.77. The van der Waals surface area contributed by atoms with Crippen molar-refractivity contribution in [2.45, 2.75) is 19.8 Å². The second kappa shape index (κ2) is 4.78. The normalized spacial score (nSPS) is 14.2. The molecule has 0 unspecified atom stereocenters. The van der Waals surface area contributed by atoms with E-state index in [0.29, 0.717) is 5.71 Å². The largest absolute Gasteiger partial charge is 0.326 e. The second-order valence-corrected chi connectivity index (χ2v) is 3.98. The Bertz CT molecular complexity index is 477. The van der Waals surface area contributed by atoms with Gasteiger partial charge >= 0.3 is 0 Å². The molecule has 0 saturated heterocycles. The number of hydrogen-bond acceptors (Lipinski definition) is 3. The van der Waals surface area contributed by atoms with Crippen molar-refractivity contribution in [2.24, 2.45) is 5.10 Å². The van der Waals surface area contributed by atoms with E-state index in [2.05, 4.69) is 15.8 Å². The molecule has 2 amide bonds. The van der Waals surface area contributed by atoms with E-state index in [-0.39, 0.29) is 24.7 Å². The topological polar surface area (TPSA) is 70.6 Å². The first kappa shape index (κ1) is 11.3. The van der Waals surface area contributed by atoms with E-state index in [9.17, 15) is 9.59 Å². The Hall–Kier alpha value is -2.17. The van der Waals surface area contributed by atoms with Crippen LogP contribution in [0.1, 0.15) is 18.4 Å². The molecule has 1 aliphatic rings. The Labute approximate surface area is 98.9 Å². The summed E-state index contributed by atoms with van der Waals surface area (Å²) in [7, 11) is 0. The number of hydrogen-bond donors (Lipinski definition) is 2. The summed E-state index contributed by atoms with van der Waals surface area (Å²) in [6, 6.07) is 7.53. The van der Waals surface area contributed by atoms with Crippen molar-refractivity contribution in [3.63, 3.8) is 0 Å². The number of anilines is 1. The third-order valence-corrected chi connectivity index (χ3v) is 2.40. The highest BCUT2D eigenvalue weighted by Crippen LogP contribution is 2.09. The Kier molecular flexibility index (Phi) is 3.18. The van der Waals surface area contributed by atoms with Gasteiger partial charge in [0, 0.05) is 5.69 Å². The monoisotopic (exact) mass is 231 g/mol. The first-order chi connectivity index (χ1) is 8.13. The number of benzene rings is 1. The zero-order chi connectivity index (χ0) is 12.3. The van der Waals surface area contributed by atoms with Crippen LogP contribution in [0.15, 0.2) is 29.4 Å². The van der Waals surface area contributed by atoms with E-state index < -0.39 is 0 Å². The summed E-state index contributed by atoms with van der Waals surface area (Å²) in [4.78, 5) is 22.5. The minimum atomic E-state index is -0.164. The van der Waals surface area contributed by atoms with Gasteiger partial charge in [0.25, 0.3) is 0 Å². The molecule has 88 valence electrons. The molecule has 0 bridgehead atoms. The molecule has 1 aliphatic heterocycles. The lowest BCUT2D eigenvalue weighted by Gasteiger charge is -2.04. The highest BCUT2D eigenvalue weighted by Gasteiger charge is 2.17. The molecule has 2 rings (SSSR count). The molecule has 0 radical (unpaired) electrons. The summed E-state index contributed by atoms with van der Waals surface area (Å²) in [6.07, 6.45) is 0.355. The standard InChI is InChI=1S/C12H13N3O2/c1-8-2-4-9(5-3-8)13-11(16)6-10-7-12(17)15-14-10/h2-5H,6-7H2,1H3,(H,13,16)(H,15,17). The molecule has 5 nitrogen and oxygen atoms in total. The number of aryl methyl sites for hydroxylation is 1. The predicted molar refractivity (Wildman–Crippen MR) is 64.6 cm³/mol. The average molecular weight is 231 g/mol. The quantitative estimate of drug-likeness (QED) is 0.820. The molecular formula is C12H13N3O2. The number of carbonyl (C=O) groups excluding carboxylic acids is 2. The summed E-state index contributed by atoms with van der Waals surface area (Å²) < 4.78 is 0. The van der Waals surface area contributed by atoms with Crippen LogP contribution in [0.4, 0.5) is 5.69 Å². The maximum atomic E-state index is 11.6. The number of amides is 2. The fraction of sp³-hybridized carbons (Fsp3) is 0.250. The van der Waals surface area contributed by atoms with Crippen LogP contribution in [0.3, 0.4) is 0 Å². The summed E-state index contributed by atoms with van der Waals surface area (Å²) >= 11 is 0. The first-order valence-corrected chi connectivity index (χ1v) is 5.34. The van der Waals surface area contributed by atoms with E-state index >= 15 is 0 Å². The van der Waals surface area contributed by atoms with Crippen molar-refractivity contribution in [3.05, 3.63) is 29.8 Å². The average Bonchev–Trinajstić information content (AvgIpc) is 2.67. The van der Waals surface area contributed by atoms with Gasteiger partial charge in [-0.2, -0.15) is 5.10 Å². The highest BCUT2D eigenvalue weighted by atomic mass is 16.2. The minimum absolute atomic E-state index is 0.145. The van der Waals surface area contributed by atoms with E-state index in [1.165, 1.54) is 0 Å². The molecule has 0 saturated carbocycles. The van der Waals surface area contributed by atoms with E-state index in [0.717, 1.165) is 11.3 Å². The van der Waals surface area contributed by atoms with Crippen LogP contribution in [0.5, 0.6) is 0 Å². The molecule has 1 aromatic carbocycles. The van der Waals surface area contributed by atoms with Gasteiger partial charge in [0.05, 0.1) is 18.6 Å². The van der Waals surface area contributed by atoms with Gasteiger partial charge in [0.2, 0.25) is 11.8 Å². The van der Waals surface area contributed by atoms with Gasteiger partial charge in [-0.15, -0.1) is 0 Å². The molecule has 1 aromatic rings. The molecule has 17 heavy (non-hydrogen) atoms. The summed E-state index contributed by atoms with van der Waals surface area (Å²) in [5.74, 6) is -0.327. The lowest BCUT2D eigenvalue weighted by atomic mass is 10.2. The first-order valence-electron chi connectivity index (χ1n) is 5.34. The lowest BCUT2D eigenvalue weighted by molar-refractivity contribution is -0.119. The zero-order valence-corrected chi connectivity index (χ0v) is 9.49. The van der Waals surface area contributed by atoms with Crippen molar-refractivity contribution in [2.75, 3.05) is 5.32 Å². The Morgan fingerprint density at radius 1 is 1.41 bits per heavy atom. The lowest BCUT2D eigenvalue weighted by Crippen LogP contribution is -2.16. The van der Waals surface area contributed by atoms with E-state index in [1.807, 2.05) is 31.2 Å². The number of nitrogens with zero attached hydrogens (tertiary/aromatic N) is 1. The number of rotatable bonds is 3. The van der Waals surface area contributed by atoms with Crippen LogP contribution < -0.4 is 10.7 Å². The molecule has 0 aromatic heterocycles. The van der Waals surface area contributed by atoms with Gasteiger partial charge in [-0.25, -0.2) is 5.43 Å².